The molecule has 0 spiro atoms. The standard InChI is InChI=1S/C20H17FO4S/c1-2-13-7-8-15-14(10-19(22)25-17(15)9-13)11-24-20(23)12-26-18-6-4-3-5-16(18)21/h3-10H,2,11-12H2,1H3. The molecule has 0 aliphatic rings. The van der Waals surface area contributed by atoms with Crippen LogP contribution in [0.15, 0.2) is 62.6 Å². The van der Waals surface area contributed by atoms with Crippen molar-refractivity contribution in [3.8, 4) is 0 Å². The maximum absolute atomic E-state index is 13.6. The third kappa shape index (κ3) is 4.32. The van der Waals surface area contributed by atoms with Gasteiger partial charge in [-0.05, 0) is 30.2 Å². The molecule has 4 nitrogen and oxygen atoms in total. The zero-order chi connectivity index (χ0) is 18.5. The molecule has 0 unspecified atom stereocenters. The van der Waals surface area contributed by atoms with Gasteiger partial charge in [0.1, 0.15) is 18.0 Å². The molecule has 0 radical (unpaired) electrons. The van der Waals surface area contributed by atoms with Gasteiger partial charge in [-0.25, -0.2) is 9.18 Å². The second kappa shape index (κ2) is 8.19. The molecule has 0 amide bonds. The molecule has 0 aliphatic carbocycles. The number of fused-ring (bicyclic) bond motifs is 1. The van der Waals surface area contributed by atoms with Gasteiger partial charge in [-0.3, -0.25) is 4.79 Å². The Kier molecular flexibility index (Phi) is 5.73. The van der Waals surface area contributed by atoms with Crippen LogP contribution in [0.4, 0.5) is 4.39 Å². The summed E-state index contributed by atoms with van der Waals surface area (Å²) in [5, 5.41) is 0.733. The van der Waals surface area contributed by atoms with E-state index >= 15 is 0 Å². The van der Waals surface area contributed by atoms with Crippen molar-refractivity contribution in [3.05, 3.63) is 75.9 Å². The molecule has 0 saturated carbocycles. The summed E-state index contributed by atoms with van der Waals surface area (Å²) in [7, 11) is 0. The molecule has 0 saturated heterocycles. The van der Waals surface area contributed by atoms with Crippen LogP contribution in [0, 0.1) is 5.82 Å². The van der Waals surface area contributed by atoms with Crippen molar-refractivity contribution in [1.29, 1.82) is 0 Å². The van der Waals surface area contributed by atoms with E-state index in [0.29, 0.717) is 16.0 Å². The molecule has 3 aromatic rings. The molecule has 0 bridgehead atoms. The summed E-state index contributed by atoms with van der Waals surface area (Å²) in [5.41, 5.74) is 1.63. The van der Waals surface area contributed by atoms with Gasteiger partial charge in [-0.2, -0.15) is 0 Å². The van der Waals surface area contributed by atoms with Crippen molar-refractivity contribution in [1.82, 2.24) is 0 Å². The van der Waals surface area contributed by atoms with E-state index in [4.69, 9.17) is 9.15 Å². The van der Waals surface area contributed by atoms with Crippen LogP contribution in [0.25, 0.3) is 11.0 Å². The Morgan fingerprint density at radius 2 is 2.00 bits per heavy atom. The largest absolute Gasteiger partial charge is 0.460 e. The Labute approximate surface area is 154 Å². The summed E-state index contributed by atoms with van der Waals surface area (Å²) in [6.07, 6.45) is 0.826. The number of hydrogen-bond acceptors (Lipinski definition) is 5. The first-order valence-corrected chi connectivity index (χ1v) is 9.14. The van der Waals surface area contributed by atoms with Crippen LogP contribution in [-0.4, -0.2) is 11.7 Å². The highest BCUT2D eigenvalue weighted by atomic mass is 32.2. The second-order valence-corrected chi connectivity index (χ2v) is 6.67. The van der Waals surface area contributed by atoms with Crippen molar-refractivity contribution in [2.75, 3.05) is 5.75 Å². The molecule has 0 atom stereocenters. The van der Waals surface area contributed by atoms with E-state index in [1.807, 2.05) is 25.1 Å². The Balaban J connectivity index is 1.68. The maximum atomic E-state index is 13.6. The monoisotopic (exact) mass is 372 g/mol. The van der Waals surface area contributed by atoms with Crippen LogP contribution in [0.2, 0.25) is 0 Å². The highest BCUT2D eigenvalue weighted by Gasteiger charge is 2.11. The Morgan fingerprint density at radius 3 is 2.77 bits per heavy atom. The number of carbonyl (C=O) groups is 1. The number of ether oxygens (including phenoxy) is 1. The van der Waals surface area contributed by atoms with Crippen molar-refractivity contribution < 1.29 is 18.3 Å². The molecule has 3 rings (SSSR count). The Morgan fingerprint density at radius 1 is 1.19 bits per heavy atom. The summed E-state index contributed by atoms with van der Waals surface area (Å²) >= 11 is 1.07. The molecule has 2 aromatic carbocycles. The molecule has 6 heteroatoms. The predicted molar refractivity (Wildman–Crippen MR) is 98.8 cm³/mol. The number of benzene rings is 2. The van der Waals surface area contributed by atoms with E-state index in [1.54, 1.807) is 18.2 Å². The third-order valence-electron chi connectivity index (χ3n) is 3.87. The normalized spacial score (nSPS) is 10.8. The fourth-order valence-electron chi connectivity index (χ4n) is 2.51. The van der Waals surface area contributed by atoms with Gasteiger partial charge < -0.3 is 9.15 Å². The summed E-state index contributed by atoms with van der Waals surface area (Å²) in [6, 6.07) is 13.2. The van der Waals surface area contributed by atoms with Crippen molar-refractivity contribution in [2.45, 2.75) is 24.8 Å². The van der Waals surface area contributed by atoms with Gasteiger partial charge in [0.25, 0.3) is 0 Å². The molecular formula is C20H17FO4S. The van der Waals surface area contributed by atoms with Crippen molar-refractivity contribution in [3.63, 3.8) is 0 Å². The van der Waals surface area contributed by atoms with Crippen molar-refractivity contribution in [2.24, 2.45) is 0 Å². The number of thioether (sulfide) groups is 1. The van der Waals surface area contributed by atoms with Gasteiger partial charge in [0.2, 0.25) is 0 Å². The zero-order valence-electron chi connectivity index (χ0n) is 14.2. The van der Waals surface area contributed by atoms with Crippen molar-refractivity contribution >= 4 is 28.7 Å². The molecule has 1 heterocycles. The fraction of sp³-hybridized carbons (Fsp3) is 0.200. The highest BCUT2D eigenvalue weighted by molar-refractivity contribution is 8.00. The third-order valence-corrected chi connectivity index (χ3v) is 4.90. The van der Waals surface area contributed by atoms with Crippen LogP contribution in [0.3, 0.4) is 0 Å². The topological polar surface area (TPSA) is 56.5 Å². The summed E-state index contributed by atoms with van der Waals surface area (Å²) in [6.45, 7) is 1.97. The van der Waals surface area contributed by atoms with Gasteiger partial charge in [-0.1, -0.05) is 31.2 Å². The SMILES string of the molecule is CCc1ccc2c(COC(=O)CSc3ccccc3F)cc(=O)oc2c1. The van der Waals surface area contributed by atoms with Gasteiger partial charge >= 0.3 is 11.6 Å². The average Bonchev–Trinajstić information content (AvgIpc) is 2.64. The van der Waals surface area contributed by atoms with Gasteiger partial charge in [0, 0.05) is 21.9 Å². The van der Waals surface area contributed by atoms with Gasteiger partial charge in [0.05, 0.1) is 5.75 Å². The van der Waals surface area contributed by atoms with Gasteiger partial charge in [-0.15, -0.1) is 11.8 Å². The van der Waals surface area contributed by atoms with E-state index in [1.165, 1.54) is 12.1 Å². The molecule has 0 fully saturated rings. The van der Waals surface area contributed by atoms with E-state index in [9.17, 15) is 14.0 Å². The van der Waals surface area contributed by atoms with E-state index in [2.05, 4.69) is 0 Å². The highest BCUT2D eigenvalue weighted by Crippen LogP contribution is 2.22. The second-order valence-electron chi connectivity index (χ2n) is 5.65. The molecule has 26 heavy (non-hydrogen) atoms. The number of aryl methyl sites for hydroxylation is 1. The minimum atomic E-state index is -0.488. The molecular weight excluding hydrogens is 355 g/mol. The lowest BCUT2D eigenvalue weighted by Crippen LogP contribution is -2.09. The Hall–Kier alpha value is -2.60. The lowest BCUT2D eigenvalue weighted by Gasteiger charge is -2.08. The lowest BCUT2D eigenvalue weighted by molar-refractivity contribution is -0.141. The van der Waals surface area contributed by atoms with Crippen LogP contribution in [0.1, 0.15) is 18.1 Å². The number of hydrogen-bond donors (Lipinski definition) is 0. The minimum Gasteiger partial charge on any atom is -0.460 e. The lowest BCUT2D eigenvalue weighted by atomic mass is 10.1. The quantitative estimate of drug-likeness (QED) is 0.366. The number of esters is 1. The first-order chi connectivity index (χ1) is 12.6. The molecule has 0 N–H and O–H groups in total. The van der Waals surface area contributed by atoms with Crippen LogP contribution in [-0.2, 0) is 22.6 Å². The summed E-state index contributed by atoms with van der Waals surface area (Å²) < 4.78 is 24.0. The van der Waals surface area contributed by atoms with Crippen LogP contribution >= 0.6 is 11.8 Å². The summed E-state index contributed by atoms with van der Waals surface area (Å²) in [4.78, 5) is 24.1. The van der Waals surface area contributed by atoms with Crippen LogP contribution < -0.4 is 5.63 Å². The maximum Gasteiger partial charge on any atom is 0.336 e. The first-order valence-electron chi connectivity index (χ1n) is 8.15. The molecule has 0 aliphatic heterocycles. The first kappa shape index (κ1) is 18.2. The number of rotatable bonds is 6. The van der Waals surface area contributed by atoms with E-state index in [0.717, 1.165) is 29.1 Å². The zero-order valence-corrected chi connectivity index (χ0v) is 15.0. The fourth-order valence-corrected chi connectivity index (χ4v) is 3.25. The molecule has 1 aromatic heterocycles. The summed E-state index contributed by atoms with van der Waals surface area (Å²) in [5.74, 6) is -0.867. The number of carbonyl (C=O) groups excluding carboxylic acids is 1. The number of halogens is 1. The Bertz CT molecular complexity index is 997. The smallest absolute Gasteiger partial charge is 0.336 e. The van der Waals surface area contributed by atoms with Gasteiger partial charge in [0.15, 0.2) is 0 Å². The van der Waals surface area contributed by atoms with E-state index in [-0.39, 0.29) is 18.2 Å². The van der Waals surface area contributed by atoms with E-state index < -0.39 is 11.6 Å². The average molecular weight is 372 g/mol. The predicted octanol–water partition coefficient (Wildman–Crippen LogP) is 4.33. The van der Waals surface area contributed by atoms with Crippen LogP contribution in [0.5, 0.6) is 0 Å². The molecule has 134 valence electrons. The minimum absolute atomic E-state index is 0.0136.